The van der Waals surface area contributed by atoms with Gasteiger partial charge in [-0.25, -0.2) is 4.79 Å². The van der Waals surface area contributed by atoms with Crippen LogP contribution in [0.5, 0.6) is 0 Å². The summed E-state index contributed by atoms with van der Waals surface area (Å²) < 4.78 is 30.5. The Morgan fingerprint density at radius 2 is 2.12 bits per heavy atom. The monoisotopic (exact) mass is 247 g/mol. The third-order valence-corrected chi connectivity index (χ3v) is 3.78. The Balaban J connectivity index is 1.77. The van der Waals surface area contributed by atoms with Crippen molar-refractivity contribution in [2.45, 2.75) is 57.1 Å². The minimum Gasteiger partial charge on any atom is -0.456 e. The molecule has 0 radical (unpaired) electrons. The van der Waals surface area contributed by atoms with Crippen molar-refractivity contribution < 1.29 is 18.3 Å². The van der Waals surface area contributed by atoms with Crippen LogP contribution in [0.25, 0.3) is 0 Å². The molecule has 98 valence electrons. The zero-order valence-electron chi connectivity index (χ0n) is 10.0. The average Bonchev–Trinajstić information content (AvgIpc) is 2.52. The number of hydrogen-bond acceptors (Lipinski definition) is 3. The van der Waals surface area contributed by atoms with Gasteiger partial charge in [-0.1, -0.05) is 19.8 Å². The second-order valence-electron chi connectivity index (χ2n) is 5.21. The Hall–Kier alpha value is -0.710. The van der Waals surface area contributed by atoms with E-state index in [0.717, 1.165) is 6.42 Å². The van der Waals surface area contributed by atoms with Gasteiger partial charge >= 0.3 is 11.9 Å². The quantitative estimate of drug-likeness (QED) is 0.776. The Morgan fingerprint density at radius 1 is 1.41 bits per heavy atom. The standard InChI is InChI=1S/C12H19F2NO2/c1-8-4-2-3-5-10(8)15-7-9-6-12(13,14)11(16)17-9/h8-10,15H,2-7H2,1H3. The van der Waals surface area contributed by atoms with Crippen molar-refractivity contribution in [3.05, 3.63) is 0 Å². The highest BCUT2D eigenvalue weighted by molar-refractivity contribution is 5.79. The van der Waals surface area contributed by atoms with Crippen LogP contribution in [0.15, 0.2) is 0 Å². The summed E-state index contributed by atoms with van der Waals surface area (Å²) in [5.41, 5.74) is 0. The van der Waals surface area contributed by atoms with Crippen LogP contribution in [0.4, 0.5) is 8.78 Å². The zero-order chi connectivity index (χ0) is 12.5. The average molecular weight is 247 g/mol. The Kier molecular flexibility index (Phi) is 3.66. The van der Waals surface area contributed by atoms with Crippen LogP contribution in [0, 0.1) is 5.92 Å². The maximum atomic E-state index is 12.9. The number of alkyl halides is 2. The first-order chi connectivity index (χ1) is 7.99. The van der Waals surface area contributed by atoms with Gasteiger partial charge < -0.3 is 10.1 Å². The van der Waals surface area contributed by atoms with E-state index in [1.54, 1.807) is 0 Å². The Bertz CT molecular complexity index is 296. The molecule has 3 nitrogen and oxygen atoms in total. The van der Waals surface area contributed by atoms with E-state index >= 15 is 0 Å². The van der Waals surface area contributed by atoms with Gasteiger partial charge in [0.15, 0.2) is 0 Å². The number of cyclic esters (lactones) is 1. The molecule has 1 heterocycles. The molecule has 1 N–H and O–H groups in total. The second-order valence-corrected chi connectivity index (χ2v) is 5.21. The summed E-state index contributed by atoms with van der Waals surface area (Å²) in [6, 6.07) is 0.372. The minimum atomic E-state index is -3.29. The number of ether oxygens (including phenoxy) is 1. The molecule has 0 spiro atoms. The third kappa shape index (κ3) is 2.94. The highest BCUT2D eigenvalue weighted by atomic mass is 19.3. The first-order valence-electron chi connectivity index (χ1n) is 6.31. The highest BCUT2D eigenvalue weighted by Gasteiger charge is 2.50. The molecule has 2 aliphatic rings. The van der Waals surface area contributed by atoms with Gasteiger partial charge in [0.25, 0.3) is 0 Å². The summed E-state index contributed by atoms with van der Waals surface area (Å²) in [4.78, 5) is 10.8. The first kappa shape index (κ1) is 12.7. The summed E-state index contributed by atoms with van der Waals surface area (Å²) in [6.07, 6.45) is 3.53. The number of esters is 1. The van der Waals surface area contributed by atoms with E-state index in [-0.39, 0.29) is 0 Å². The van der Waals surface area contributed by atoms with Crippen LogP contribution >= 0.6 is 0 Å². The van der Waals surface area contributed by atoms with E-state index in [9.17, 15) is 13.6 Å². The Morgan fingerprint density at radius 3 is 2.71 bits per heavy atom. The van der Waals surface area contributed by atoms with Gasteiger partial charge in [0.05, 0.1) is 6.42 Å². The Labute approximate surface area is 99.9 Å². The molecule has 0 bridgehead atoms. The molecule has 0 aromatic rings. The molecule has 2 rings (SSSR count). The van der Waals surface area contributed by atoms with Crippen molar-refractivity contribution in [3.63, 3.8) is 0 Å². The third-order valence-electron chi connectivity index (χ3n) is 3.78. The van der Waals surface area contributed by atoms with Crippen LogP contribution in [-0.4, -0.2) is 30.6 Å². The normalized spacial score (nSPS) is 36.9. The van der Waals surface area contributed by atoms with Crippen molar-refractivity contribution in [1.82, 2.24) is 5.32 Å². The molecule has 3 atom stereocenters. The van der Waals surface area contributed by atoms with Gasteiger partial charge in [-0.2, -0.15) is 8.78 Å². The molecule has 1 aliphatic heterocycles. The molecule has 1 saturated carbocycles. The van der Waals surface area contributed by atoms with Gasteiger partial charge in [-0.15, -0.1) is 0 Å². The molecule has 0 aromatic heterocycles. The summed E-state index contributed by atoms with van der Waals surface area (Å²) in [5, 5.41) is 3.26. The van der Waals surface area contributed by atoms with E-state index in [1.807, 2.05) is 0 Å². The fourth-order valence-electron chi connectivity index (χ4n) is 2.66. The predicted octanol–water partition coefficient (Wildman–Crippen LogP) is 2.11. The summed E-state index contributed by atoms with van der Waals surface area (Å²) >= 11 is 0. The molecule has 0 amide bonds. The number of carbonyl (C=O) groups is 1. The maximum Gasteiger partial charge on any atom is 0.377 e. The van der Waals surface area contributed by atoms with Crippen LogP contribution in [0.3, 0.4) is 0 Å². The van der Waals surface area contributed by atoms with E-state index < -0.39 is 24.4 Å². The van der Waals surface area contributed by atoms with Crippen molar-refractivity contribution in [2.75, 3.05) is 6.54 Å². The highest BCUT2D eigenvalue weighted by Crippen LogP contribution is 2.31. The fourth-order valence-corrected chi connectivity index (χ4v) is 2.66. The van der Waals surface area contributed by atoms with Gasteiger partial charge in [-0.05, 0) is 18.8 Å². The van der Waals surface area contributed by atoms with Crippen LogP contribution < -0.4 is 5.32 Å². The lowest BCUT2D eigenvalue weighted by Gasteiger charge is -2.30. The molecule has 1 saturated heterocycles. The lowest BCUT2D eigenvalue weighted by atomic mass is 9.86. The SMILES string of the molecule is CC1CCCCC1NCC1CC(F)(F)C(=O)O1. The molecule has 3 unspecified atom stereocenters. The lowest BCUT2D eigenvalue weighted by Crippen LogP contribution is -2.41. The lowest BCUT2D eigenvalue weighted by molar-refractivity contribution is -0.159. The van der Waals surface area contributed by atoms with Gasteiger partial charge in [0, 0.05) is 12.6 Å². The van der Waals surface area contributed by atoms with E-state index in [1.165, 1.54) is 19.3 Å². The topological polar surface area (TPSA) is 38.3 Å². The molecule has 0 aromatic carbocycles. The first-order valence-corrected chi connectivity index (χ1v) is 6.31. The van der Waals surface area contributed by atoms with Gasteiger partial charge in [0.2, 0.25) is 0 Å². The largest absolute Gasteiger partial charge is 0.456 e. The smallest absolute Gasteiger partial charge is 0.377 e. The van der Waals surface area contributed by atoms with Crippen LogP contribution in [-0.2, 0) is 9.53 Å². The number of hydrogen-bond donors (Lipinski definition) is 1. The van der Waals surface area contributed by atoms with Crippen LogP contribution in [0.1, 0.15) is 39.0 Å². The summed E-state index contributed by atoms with van der Waals surface area (Å²) in [7, 11) is 0. The number of halogens is 2. The molecule has 1 aliphatic carbocycles. The van der Waals surface area contributed by atoms with Crippen molar-refractivity contribution in [2.24, 2.45) is 5.92 Å². The van der Waals surface area contributed by atoms with Crippen molar-refractivity contribution in [1.29, 1.82) is 0 Å². The number of carbonyl (C=O) groups excluding carboxylic acids is 1. The molecule has 5 heteroatoms. The number of rotatable bonds is 3. The van der Waals surface area contributed by atoms with Crippen molar-refractivity contribution in [3.8, 4) is 0 Å². The summed E-state index contributed by atoms with van der Waals surface area (Å²) in [6.45, 7) is 2.52. The second kappa shape index (κ2) is 4.88. The van der Waals surface area contributed by atoms with E-state index in [0.29, 0.717) is 18.5 Å². The van der Waals surface area contributed by atoms with Gasteiger partial charge in [0.1, 0.15) is 6.10 Å². The van der Waals surface area contributed by atoms with Crippen LogP contribution in [0.2, 0.25) is 0 Å². The van der Waals surface area contributed by atoms with Gasteiger partial charge in [-0.3, -0.25) is 0 Å². The molecular formula is C12H19F2NO2. The fraction of sp³-hybridized carbons (Fsp3) is 0.917. The summed E-state index contributed by atoms with van der Waals surface area (Å²) in [5.74, 6) is -4.09. The van der Waals surface area contributed by atoms with Crippen molar-refractivity contribution >= 4 is 5.97 Å². The maximum absolute atomic E-state index is 12.9. The minimum absolute atomic E-state index is 0.344. The molecular weight excluding hydrogens is 228 g/mol. The predicted molar refractivity (Wildman–Crippen MR) is 58.9 cm³/mol. The number of nitrogens with one attached hydrogen (secondary N) is 1. The molecule has 2 fully saturated rings. The molecule has 17 heavy (non-hydrogen) atoms. The van der Waals surface area contributed by atoms with E-state index in [2.05, 4.69) is 17.0 Å². The van der Waals surface area contributed by atoms with E-state index in [4.69, 9.17) is 0 Å². The zero-order valence-corrected chi connectivity index (χ0v) is 10.0.